The van der Waals surface area contributed by atoms with E-state index in [4.69, 9.17) is 9.47 Å². The Morgan fingerprint density at radius 1 is 1.37 bits per heavy atom. The quantitative estimate of drug-likeness (QED) is 0.351. The van der Waals surface area contributed by atoms with Gasteiger partial charge in [-0.2, -0.15) is 19.6 Å². The van der Waals surface area contributed by atoms with Gasteiger partial charge in [0.05, 0.1) is 6.04 Å². The Morgan fingerprint density at radius 2 is 2.00 bits per heavy atom. The number of halogens is 1. The van der Waals surface area contributed by atoms with Crippen LogP contribution in [0.25, 0.3) is 0 Å². The number of aromatic nitrogens is 2. The fourth-order valence-electron chi connectivity index (χ4n) is 2.52. The molecule has 0 aromatic carbocycles. The number of carbonyl (C=O) groups excluding carboxylic acids is 1. The fraction of sp³-hybridized carbons (Fsp3) is 0.789. The largest absolute Gasteiger partial charge is 0.444 e. The molecule has 0 aliphatic rings. The predicted molar refractivity (Wildman–Crippen MR) is 116 cm³/mol. The highest BCUT2D eigenvalue weighted by molar-refractivity contribution is 9.10. The topological polar surface area (TPSA) is 56.6 Å². The highest BCUT2D eigenvalue weighted by Gasteiger charge is 2.29. The molecule has 157 valence electrons. The summed E-state index contributed by atoms with van der Waals surface area (Å²) in [4.78, 5) is 19.0. The van der Waals surface area contributed by atoms with E-state index in [2.05, 4.69) is 40.6 Å². The molecule has 27 heavy (non-hydrogen) atoms. The van der Waals surface area contributed by atoms with E-state index < -0.39 is 13.7 Å². The maximum absolute atomic E-state index is 12.7. The van der Waals surface area contributed by atoms with Gasteiger partial charge in [0, 0.05) is 19.3 Å². The minimum Gasteiger partial charge on any atom is -0.444 e. The summed E-state index contributed by atoms with van der Waals surface area (Å²) in [5.74, 6) is 0.786. The Morgan fingerprint density at radius 3 is 2.52 bits per heavy atom. The predicted octanol–water partition coefficient (Wildman–Crippen LogP) is 5.67. The first-order valence-electron chi connectivity index (χ1n) is 9.64. The summed E-state index contributed by atoms with van der Waals surface area (Å²) in [5.41, 5.74) is -0.529. The summed E-state index contributed by atoms with van der Waals surface area (Å²) < 4.78 is 14.2. The van der Waals surface area contributed by atoms with E-state index in [0.717, 1.165) is 29.5 Å². The number of ether oxygens (including phenoxy) is 2. The van der Waals surface area contributed by atoms with E-state index in [0.29, 0.717) is 13.3 Å². The summed E-state index contributed by atoms with van der Waals surface area (Å²) in [6.45, 7) is 18.4. The van der Waals surface area contributed by atoms with Crippen molar-refractivity contribution in [1.29, 1.82) is 0 Å². The molecule has 0 N–H and O–H groups in total. The van der Waals surface area contributed by atoms with Gasteiger partial charge in [-0.15, -0.1) is 14.1 Å². The van der Waals surface area contributed by atoms with Gasteiger partial charge in [0.1, 0.15) is 22.8 Å². The molecule has 8 heteroatoms. The normalized spacial score (nSPS) is 13.5. The van der Waals surface area contributed by atoms with E-state index in [9.17, 15) is 4.79 Å². The van der Waals surface area contributed by atoms with Crippen LogP contribution in [0, 0.1) is 0 Å². The molecule has 0 bridgehead atoms. The third-order valence-electron chi connectivity index (χ3n) is 3.94. The second-order valence-electron chi connectivity index (χ2n) is 9.09. The van der Waals surface area contributed by atoms with Crippen molar-refractivity contribution in [3.05, 3.63) is 16.6 Å². The fourth-order valence-corrected chi connectivity index (χ4v) is 3.70. The summed E-state index contributed by atoms with van der Waals surface area (Å²) in [5, 5.41) is 0. The standard InChI is InChI=1S/C19H36BrN3O3Si/c1-9-10-23(18(24)26-19(3,4)5)15(2)17-21-16(20)13-22(17)14-25-11-12-27(6,7)8/h13,15H,9-12,14H2,1-8H3/q-1/t15-/m0/s1. The first kappa shape index (κ1) is 24.2. The number of amides is 1. The Kier molecular flexibility index (Phi) is 9.02. The van der Waals surface area contributed by atoms with Gasteiger partial charge in [-0.1, -0.05) is 6.92 Å². The molecule has 1 aromatic rings. The zero-order valence-corrected chi connectivity index (χ0v) is 20.7. The molecule has 0 unspecified atom stereocenters. The first-order valence-corrected chi connectivity index (χ1v) is 14.1. The van der Waals surface area contributed by atoms with E-state index >= 15 is 0 Å². The zero-order chi connectivity index (χ0) is 20.8. The monoisotopic (exact) mass is 461 g/mol. The lowest BCUT2D eigenvalue weighted by Crippen LogP contribution is -2.39. The Balaban J connectivity index is 2.89. The average molecular weight is 463 g/mol. The lowest BCUT2D eigenvalue weighted by molar-refractivity contribution is 0.0150. The molecular formula is C19H36BrN3O3Si-. The lowest BCUT2D eigenvalue weighted by Gasteiger charge is -2.31. The number of rotatable bonds is 9. The molecule has 1 heterocycles. The number of imidazole rings is 1. The van der Waals surface area contributed by atoms with Crippen molar-refractivity contribution in [2.75, 3.05) is 13.2 Å². The molecular weight excluding hydrogens is 426 g/mol. The van der Waals surface area contributed by atoms with Crippen molar-refractivity contribution in [3.8, 4) is 0 Å². The first-order chi connectivity index (χ1) is 12.3. The maximum Gasteiger partial charge on any atom is 0.410 e. The van der Waals surface area contributed by atoms with Crippen LogP contribution in [-0.4, -0.2) is 47.4 Å². The van der Waals surface area contributed by atoms with Crippen molar-refractivity contribution in [3.63, 3.8) is 0 Å². The van der Waals surface area contributed by atoms with E-state index in [1.807, 2.05) is 45.4 Å². The van der Waals surface area contributed by atoms with Crippen molar-refractivity contribution in [2.24, 2.45) is 0 Å². The van der Waals surface area contributed by atoms with Crippen LogP contribution in [0.1, 0.15) is 52.9 Å². The second kappa shape index (κ2) is 10.1. The highest BCUT2D eigenvalue weighted by Crippen LogP contribution is 2.24. The minimum atomic E-state index is -1.12. The Labute approximate surface area is 173 Å². The molecule has 0 spiro atoms. The summed E-state index contributed by atoms with van der Waals surface area (Å²) >= 11 is 3.45. The van der Waals surface area contributed by atoms with Crippen LogP contribution in [0.5, 0.6) is 0 Å². The van der Waals surface area contributed by atoms with Gasteiger partial charge in [-0.25, -0.2) is 9.78 Å². The van der Waals surface area contributed by atoms with Crippen LogP contribution in [0.3, 0.4) is 0 Å². The van der Waals surface area contributed by atoms with E-state index in [1.54, 1.807) is 4.90 Å². The summed E-state index contributed by atoms with van der Waals surface area (Å²) in [7, 11) is -1.12. The van der Waals surface area contributed by atoms with Gasteiger partial charge in [-0.3, -0.25) is 4.90 Å². The van der Waals surface area contributed by atoms with Gasteiger partial charge in [0.2, 0.25) is 0 Å². The minimum absolute atomic E-state index is 0.216. The number of hydrogen-bond acceptors (Lipinski definition) is 4. The molecule has 0 aliphatic carbocycles. The molecule has 0 aliphatic heterocycles. The van der Waals surface area contributed by atoms with Crippen LogP contribution in [0.15, 0.2) is 10.8 Å². The number of hydrogen-bond donors (Lipinski definition) is 0. The maximum atomic E-state index is 12.7. The van der Waals surface area contributed by atoms with Gasteiger partial charge < -0.3 is 14.0 Å². The van der Waals surface area contributed by atoms with Crippen LogP contribution in [0.2, 0.25) is 25.7 Å². The number of carbonyl (C=O) groups is 1. The Hall–Kier alpha value is -0.863. The second-order valence-corrected chi connectivity index (χ2v) is 15.5. The molecule has 0 saturated heterocycles. The SMILES string of the molecule is CCCN(C(=O)OC(C)(C)C)[C@@H](C)c1nc(Br)cn1COCC[Si-](C)(C)C. The molecule has 0 radical (unpaired) electrons. The molecule has 6 nitrogen and oxygen atoms in total. The van der Waals surface area contributed by atoms with Gasteiger partial charge in [0.25, 0.3) is 0 Å². The smallest absolute Gasteiger partial charge is 0.410 e. The van der Waals surface area contributed by atoms with Crippen molar-refractivity contribution in [1.82, 2.24) is 14.5 Å². The van der Waals surface area contributed by atoms with E-state index in [-0.39, 0.29) is 12.1 Å². The Bertz CT molecular complexity index is 608. The summed E-state index contributed by atoms with van der Waals surface area (Å²) in [6.07, 6.45) is 2.43. The lowest BCUT2D eigenvalue weighted by atomic mass is 10.2. The van der Waals surface area contributed by atoms with E-state index in [1.165, 1.54) is 0 Å². The van der Waals surface area contributed by atoms with Crippen LogP contribution in [-0.2, 0) is 16.2 Å². The third kappa shape index (κ3) is 8.79. The van der Waals surface area contributed by atoms with Gasteiger partial charge >= 0.3 is 6.09 Å². The van der Waals surface area contributed by atoms with Crippen LogP contribution >= 0.6 is 15.9 Å². The third-order valence-corrected chi connectivity index (χ3v) is 6.02. The van der Waals surface area contributed by atoms with Crippen molar-refractivity contribution in [2.45, 2.75) is 85.1 Å². The average Bonchev–Trinajstić information content (AvgIpc) is 2.86. The molecule has 1 aromatic heterocycles. The molecule has 1 atom stereocenters. The van der Waals surface area contributed by atoms with Crippen molar-refractivity contribution < 1.29 is 14.3 Å². The summed E-state index contributed by atoms with van der Waals surface area (Å²) in [6, 6.07) is 0.903. The molecule has 1 rings (SSSR count). The van der Waals surface area contributed by atoms with Gasteiger partial charge in [-0.05, 0) is 50.0 Å². The van der Waals surface area contributed by atoms with Crippen LogP contribution < -0.4 is 0 Å². The number of nitrogens with zero attached hydrogens (tertiary/aromatic N) is 3. The highest BCUT2D eigenvalue weighted by atomic mass is 79.9. The van der Waals surface area contributed by atoms with Crippen molar-refractivity contribution >= 4 is 30.1 Å². The van der Waals surface area contributed by atoms with Crippen LogP contribution in [0.4, 0.5) is 4.79 Å². The molecule has 0 saturated carbocycles. The zero-order valence-electron chi connectivity index (χ0n) is 18.1. The van der Waals surface area contributed by atoms with Gasteiger partial charge in [0.15, 0.2) is 0 Å². The molecule has 1 amide bonds. The molecule has 0 fully saturated rings.